The van der Waals surface area contributed by atoms with Gasteiger partial charge < -0.3 is 18.8 Å². The van der Waals surface area contributed by atoms with Crippen molar-refractivity contribution in [3.63, 3.8) is 0 Å². The lowest BCUT2D eigenvalue weighted by molar-refractivity contribution is -0.158. The Balaban J connectivity index is 2.08. The number of alkyl halides is 1. The first-order valence-electron chi connectivity index (χ1n) is 9.56. The molecule has 2 rings (SSSR count). The van der Waals surface area contributed by atoms with Gasteiger partial charge in [-0.05, 0) is 18.8 Å². The summed E-state index contributed by atoms with van der Waals surface area (Å²) in [6.07, 6.45) is 4.98. The average Bonchev–Trinajstić information content (AvgIpc) is 3.38. The van der Waals surface area contributed by atoms with E-state index in [-0.39, 0.29) is 35.2 Å². The molecule has 0 aromatic carbocycles. The monoisotopic (exact) mass is 426 g/mol. The highest BCUT2D eigenvalue weighted by Gasteiger charge is 2.38. The van der Waals surface area contributed by atoms with Gasteiger partial charge in [-0.2, -0.15) is 0 Å². The third-order valence-corrected chi connectivity index (χ3v) is 5.06. The van der Waals surface area contributed by atoms with Crippen molar-refractivity contribution in [3.05, 3.63) is 30.0 Å². The highest BCUT2D eigenvalue weighted by molar-refractivity contribution is 6.16. The molecule has 1 aliphatic heterocycles. The number of ether oxygens (including phenoxy) is 2. The van der Waals surface area contributed by atoms with Crippen molar-refractivity contribution in [2.75, 3.05) is 13.7 Å². The molecule has 0 radical (unpaired) electrons. The van der Waals surface area contributed by atoms with Crippen LogP contribution in [0.3, 0.4) is 0 Å². The van der Waals surface area contributed by atoms with E-state index in [9.17, 15) is 14.4 Å². The Bertz CT molecular complexity index is 760. The van der Waals surface area contributed by atoms with E-state index in [0.29, 0.717) is 19.4 Å². The summed E-state index contributed by atoms with van der Waals surface area (Å²) in [4.78, 5) is 42.4. The summed E-state index contributed by atoms with van der Waals surface area (Å²) in [6, 6.07) is -0.684. The summed E-state index contributed by atoms with van der Waals surface area (Å²) in [6.45, 7) is 6.16. The molecule has 8 nitrogen and oxygen atoms in total. The van der Waals surface area contributed by atoms with E-state index in [1.54, 1.807) is 6.08 Å². The molecule has 1 amide bonds. The van der Waals surface area contributed by atoms with Crippen LogP contribution in [0.1, 0.15) is 50.0 Å². The quantitative estimate of drug-likeness (QED) is 0.358. The maximum atomic E-state index is 12.9. The number of oxazole rings is 1. The number of halogens is 1. The largest absolute Gasteiger partial charge is 0.466 e. The number of carbonyl (C=O) groups is 3. The van der Waals surface area contributed by atoms with Crippen LogP contribution < -0.4 is 0 Å². The highest BCUT2D eigenvalue weighted by Crippen LogP contribution is 2.25. The van der Waals surface area contributed by atoms with Gasteiger partial charge in [-0.1, -0.05) is 26.8 Å². The maximum Gasteiger partial charge on any atom is 0.330 e. The standard InChI is InChI=1S/C20H27ClN2O6/c1-12(2)18(13(3)7-8-17(24)27-4)29-20(26)15-6-5-9-23(15)19(25)14-11-28-16(10-21)22-14/h7-8,11-13,15,18H,5-6,9-10H2,1-4H3/b8-7+/t13-,15-,18-/m1/s1. The number of hydrogen-bond acceptors (Lipinski definition) is 7. The van der Waals surface area contributed by atoms with Gasteiger partial charge in [0.2, 0.25) is 5.89 Å². The van der Waals surface area contributed by atoms with Crippen LogP contribution in [-0.4, -0.2) is 53.5 Å². The lowest BCUT2D eigenvalue weighted by atomic mass is 9.94. The first kappa shape index (κ1) is 22.9. The van der Waals surface area contributed by atoms with Gasteiger partial charge in [0.1, 0.15) is 18.4 Å². The van der Waals surface area contributed by atoms with Crippen LogP contribution >= 0.6 is 11.6 Å². The van der Waals surface area contributed by atoms with Crippen LogP contribution in [0, 0.1) is 11.8 Å². The fraction of sp³-hybridized carbons (Fsp3) is 0.600. The fourth-order valence-electron chi connectivity index (χ4n) is 3.34. The molecule has 160 valence electrons. The molecule has 0 unspecified atom stereocenters. The molecule has 1 saturated heterocycles. The molecule has 0 saturated carbocycles. The third kappa shape index (κ3) is 5.82. The summed E-state index contributed by atoms with van der Waals surface area (Å²) in [7, 11) is 1.30. The molecule has 0 spiro atoms. The second kappa shape index (κ2) is 10.4. The van der Waals surface area contributed by atoms with E-state index in [4.69, 9.17) is 20.8 Å². The first-order valence-corrected chi connectivity index (χ1v) is 10.1. The van der Waals surface area contributed by atoms with Crippen LogP contribution in [0.4, 0.5) is 0 Å². The molecular weight excluding hydrogens is 400 g/mol. The number of aromatic nitrogens is 1. The molecule has 1 fully saturated rings. The van der Waals surface area contributed by atoms with Crippen LogP contribution in [0.15, 0.2) is 22.8 Å². The Kier molecular flexibility index (Phi) is 8.25. The molecule has 0 bridgehead atoms. The van der Waals surface area contributed by atoms with E-state index >= 15 is 0 Å². The van der Waals surface area contributed by atoms with E-state index in [0.717, 1.165) is 0 Å². The van der Waals surface area contributed by atoms with Gasteiger partial charge in [-0.25, -0.2) is 14.6 Å². The molecule has 1 aliphatic rings. The molecule has 1 aromatic rings. The van der Waals surface area contributed by atoms with Gasteiger partial charge in [0.25, 0.3) is 5.91 Å². The summed E-state index contributed by atoms with van der Waals surface area (Å²) in [5, 5.41) is 0. The molecular formula is C20H27ClN2O6. The molecule has 1 aromatic heterocycles. The van der Waals surface area contributed by atoms with Crippen molar-refractivity contribution >= 4 is 29.4 Å². The predicted molar refractivity (Wildman–Crippen MR) is 105 cm³/mol. The number of carbonyl (C=O) groups excluding carboxylic acids is 3. The van der Waals surface area contributed by atoms with Gasteiger partial charge in [-0.15, -0.1) is 11.6 Å². The lowest BCUT2D eigenvalue weighted by Gasteiger charge is -2.29. The molecule has 9 heteroatoms. The zero-order chi connectivity index (χ0) is 21.6. The second-order valence-electron chi connectivity index (χ2n) is 7.30. The van der Waals surface area contributed by atoms with Crippen LogP contribution in [-0.2, 0) is 24.9 Å². The minimum atomic E-state index is -0.684. The fourth-order valence-corrected chi connectivity index (χ4v) is 3.47. The molecule has 0 N–H and O–H groups in total. The SMILES string of the molecule is COC(=O)/C=C/[C@@H](C)[C@H](OC(=O)[C@H]1CCCN1C(=O)c1coc(CCl)n1)C(C)C. The van der Waals surface area contributed by atoms with Crippen LogP contribution in [0.2, 0.25) is 0 Å². The van der Waals surface area contributed by atoms with Crippen molar-refractivity contribution < 1.29 is 28.3 Å². The van der Waals surface area contributed by atoms with E-state index in [2.05, 4.69) is 9.72 Å². The van der Waals surface area contributed by atoms with Gasteiger partial charge >= 0.3 is 11.9 Å². The number of methoxy groups -OCH3 is 1. The Labute approximate surface area is 175 Å². The normalized spacial score (nSPS) is 18.8. The van der Waals surface area contributed by atoms with Crippen molar-refractivity contribution in [1.29, 1.82) is 0 Å². The Morgan fingerprint density at radius 3 is 2.69 bits per heavy atom. The zero-order valence-corrected chi connectivity index (χ0v) is 17.8. The lowest BCUT2D eigenvalue weighted by Crippen LogP contribution is -2.44. The summed E-state index contributed by atoms with van der Waals surface area (Å²) < 4.78 is 15.5. The first-order chi connectivity index (χ1) is 13.8. The maximum absolute atomic E-state index is 12.9. The number of likely N-dealkylation sites (tertiary alicyclic amines) is 1. The second-order valence-corrected chi connectivity index (χ2v) is 7.57. The number of rotatable bonds is 8. The van der Waals surface area contributed by atoms with Gasteiger partial charge in [0.05, 0.1) is 13.0 Å². The topological polar surface area (TPSA) is 98.9 Å². The van der Waals surface area contributed by atoms with Crippen molar-refractivity contribution in [2.24, 2.45) is 11.8 Å². The zero-order valence-electron chi connectivity index (χ0n) is 17.1. The molecule has 29 heavy (non-hydrogen) atoms. The molecule has 3 atom stereocenters. The number of nitrogens with zero attached hydrogens (tertiary/aromatic N) is 2. The Hall–Kier alpha value is -2.35. The summed E-state index contributed by atoms with van der Waals surface area (Å²) >= 11 is 5.67. The average molecular weight is 427 g/mol. The Morgan fingerprint density at radius 1 is 1.38 bits per heavy atom. The smallest absolute Gasteiger partial charge is 0.330 e. The number of esters is 2. The molecule has 2 heterocycles. The molecule has 0 aliphatic carbocycles. The van der Waals surface area contributed by atoms with Crippen molar-refractivity contribution in [2.45, 2.75) is 51.6 Å². The van der Waals surface area contributed by atoms with E-state index < -0.39 is 24.1 Å². The summed E-state index contributed by atoms with van der Waals surface area (Å²) in [5.74, 6) is -1.19. The summed E-state index contributed by atoms with van der Waals surface area (Å²) in [5.41, 5.74) is 0.120. The van der Waals surface area contributed by atoms with Crippen LogP contribution in [0.25, 0.3) is 0 Å². The number of amides is 1. The van der Waals surface area contributed by atoms with E-state index in [1.165, 1.54) is 24.3 Å². The number of hydrogen-bond donors (Lipinski definition) is 0. The van der Waals surface area contributed by atoms with Crippen molar-refractivity contribution in [1.82, 2.24) is 9.88 Å². The van der Waals surface area contributed by atoms with Crippen LogP contribution in [0.5, 0.6) is 0 Å². The predicted octanol–water partition coefficient (Wildman–Crippen LogP) is 2.95. The minimum Gasteiger partial charge on any atom is -0.466 e. The Morgan fingerprint density at radius 2 is 2.10 bits per heavy atom. The van der Waals surface area contributed by atoms with E-state index in [1.807, 2.05) is 20.8 Å². The highest BCUT2D eigenvalue weighted by atomic mass is 35.5. The van der Waals surface area contributed by atoms with Crippen molar-refractivity contribution in [3.8, 4) is 0 Å². The van der Waals surface area contributed by atoms with Gasteiger partial charge in [0, 0.05) is 18.5 Å². The third-order valence-electron chi connectivity index (χ3n) is 4.84. The van der Waals surface area contributed by atoms with Gasteiger partial charge in [-0.3, -0.25) is 4.79 Å². The van der Waals surface area contributed by atoms with Gasteiger partial charge in [0.15, 0.2) is 5.69 Å². The minimum absolute atomic E-state index is 0.0172.